The van der Waals surface area contributed by atoms with Crippen molar-refractivity contribution in [1.82, 2.24) is 5.32 Å². The van der Waals surface area contributed by atoms with E-state index < -0.39 is 5.97 Å². The van der Waals surface area contributed by atoms with Gasteiger partial charge in [-0.1, -0.05) is 38.1 Å². The summed E-state index contributed by atoms with van der Waals surface area (Å²) in [6, 6.07) is 14.0. The number of hydrogen-bond donors (Lipinski definition) is 1. The first-order valence-corrected chi connectivity index (χ1v) is 8.68. The first-order chi connectivity index (χ1) is 13.0. The van der Waals surface area contributed by atoms with Crippen molar-refractivity contribution in [3.63, 3.8) is 0 Å². The van der Waals surface area contributed by atoms with Crippen LogP contribution in [0.3, 0.4) is 0 Å². The summed E-state index contributed by atoms with van der Waals surface area (Å²) in [5, 5.41) is 2.65. The summed E-state index contributed by atoms with van der Waals surface area (Å²) in [6.07, 6.45) is 1.56. The van der Waals surface area contributed by atoms with E-state index in [4.69, 9.17) is 14.2 Å². The second kappa shape index (κ2) is 8.40. The first-order valence-electron chi connectivity index (χ1n) is 8.68. The minimum Gasteiger partial charge on any atom is -0.461 e. The van der Waals surface area contributed by atoms with E-state index in [1.165, 1.54) is 0 Å². The van der Waals surface area contributed by atoms with Gasteiger partial charge >= 0.3 is 5.97 Å². The van der Waals surface area contributed by atoms with Crippen LogP contribution >= 0.6 is 0 Å². The van der Waals surface area contributed by atoms with Crippen molar-refractivity contribution in [3.8, 4) is 11.5 Å². The third-order valence-corrected chi connectivity index (χ3v) is 3.76. The van der Waals surface area contributed by atoms with E-state index in [1.54, 1.807) is 48.5 Å². The lowest BCUT2D eigenvalue weighted by Gasteiger charge is -2.12. The Hall–Kier alpha value is -3.28. The molecule has 0 saturated carbocycles. The maximum Gasteiger partial charge on any atom is 0.354 e. The third kappa shape index (κ3) is 4.88. The van der Waals surface area contributed by atoms with Crippen molar-refractivity contribution in [2.75, 3.05) is 13.4 Å². The standard InChI is InChI=1S/C21H21NO5/c1-14(2)12-25-21(24)17(22-20(23)16-6-4-3-5-7-16)10-15-8-9-18-19(11-15)27-13-26-18/h3-11,14H,12-13H2,1-2H3,(H,22,23)/b17-10+. The van der Waals surface area contributed by atoms with Crippen molar-refractivity contribution in [2.45, 2.75) is 13.8 Å². The van der Waals surface area contributed by atoms with Gasteiger partial charge in [0.1, 0.15) is 5.70 Å². The highest BCUT2D eigenvalue weighted by molar-refractivity contribution is 6.03. The average Bonchev–Trinajstić information content (AvgIpc) is 3.14. The van der Waals surface area contributed by atoms with Crippen LogP contribution in [0.2, 0.25) is 0 Å². The van der Waals surface area contributed by atoms with Crippen molar-refractivity contribution >= 4 is 18.0 Å². The third-order valence-electron chi connectivity index (χ3n) is 3.76. The van der Waals surface area contributed by atoms with E-state index in [1.807, 2.05) is 19.9 Å². The summed E-state index contributed by atoms with van der Waals surface area (Å²) in [4.78, 5) is 25.0. The highest BCUT2D eigenvalue weighted by Gasteiger charge is 2.18. The molecule has 0 unspecified atom stereocenters. The molecule has 1 aliphatic rings. The molecule has 0 aromatic heterocycles. The van der Waals surface area contributed by atoms with E-state index in [-0.39, 0.29) is 30.9 Å². The van der Waals surface area contributed by atoms with Gasteiger partial charge in [-0.2, -0.15) is 0 Å². The molecule has 0 radical (unpaired) electrons. The number of rotatable bonds is 6. The number of fused-ring (bicyclic) bond motifs is 1. The van der Waals surface area contributed by atoms with Gasteiger partial charge in [-0.15, -0.1) is 0 Å². The molecule has 0 bridgehead atoms. The first kappa shape index (κ1) is 18.5. The highest BCUT2D eigenvalue weighted by atomic mass is 16.7. The molecule has 6 nitrogen and oxygen atoms in total. The van der Waals surface area contributed by atoms with Gasteiger partial charge in [-0.05, 0) is 41.8 Å². The summed E-state index contributed by atoms with van der Waals surface area (Å²) in [5.41, 5.74) is 1.19. The van der Waals surface area contributed by atoms with Crippen molar-refractivity contribution < 1.29 is 23.8 Å². The molecule has 27 heavy (non-hydrogen) atoms. The average molecular weight is 367 g/mol. The number of hydrogen-bond acceptors (Lipinski definition) is 5. The minimum absolute atomic E-state index is 0.0587. The molecule has 0 aliphatic carbocycles. The lowest BCUT2D eigenvalue weighted by Crippen LogP contribution is -2.29. The Kier molecular flexibility index (Phi) is 5.76. The quantitative estimate of drug-likeness (QED) is 0.626. The zero-order valence-corrected chi connectivity index (χ0v) is 15.2. The van der Waals surface area contributed by atoms with Crippen molar-refractivity contribution in [1.29, 1.82) is 0 Å². The van der Waals surface area contributed by atoms with E-state index in [9.17, 15) is 9.59 Å². The molecular formula is C21H21NO5. The molecule has 140 valence electrons. The SMILES string of the molecule is CC(C)COC(=O)/C(=C\c1ccc2c(c1)OCO2)NC(=O)c1ccccc1. The van der Waals surface area contributed by atoms with Crippen molar-refractivity contribution in [2.24, 2.45) is 5.92 Å². The number of nitrogens with one attached hydrogen (secondary N) is 1. The van der Waals surface area contributed by atoms with Gasteiger partial charge < -0.3 is 19.5 Å². The van der Waals surface area contributed by atoms with E-state index >= 15 is 0 Å². The molecule has 2 aromatic rings. The van der Waals surface area contributed by atoms with Gasteiger partial charge in [0.15, 0.2) is 11.5 Å². The monoisotopic (exact) mass is 367 g/mol. The molecule has 0 saturated heterocycles. The molecule has 6 heteroatoms. The van der Waals surface area contributed by atoms with Crippen LogP contribution in [0.1, 0.15) is 29.8 Å². The Bertz CT molecular complexity index is 858. The fraction of sp³-hybridized carbons (Fsp3) is 0.238. The molecule has 2 aromatic carbocycles. The van der Waals surface area contributed by atoms with Crippen molar-refractivity contribution in [3.05, 3.63) is 65.4 Å². The fourth-order valence-corrected chi connectivity index (χ4v) is 2.42. The maximum atomic E-state index is 12.5. The maximum absolute atomic E-state index is 12.5. The number of esters is 1. The second-order valence-electron chi connectivity index (χ2n) is 6.48. The van der Waals surface area contributed by atoms with Crippen LogP contribution in [0.25, 0.3) is 6.08 Å². The van der Waals surface area contributed by atoms with Crippen LogP contribution < -0.4 is 14.8 Å². The van der Waals surface area contributed by atoms with Crippen LogP contribution in [-0.2, 0) is 9.53 Å². The zero-order chi connectivity index (χ0) is 19.2. The summed E-state index contributed by atoms with van der Waals surface area (Å²) in [7, 11) is 0. The van der Waals surface area contributed by atoms with Crippen LogP contribution in [0.5, 0.6) is 11.5 Å². The van der Waals surface area contributed by atoms with Crippen LogP contribution in [0.15, 0.2) is 54.2 Å². The Labute approximate surface area is 157 Å². The molecule has 0 atom stereocenters. The fourth-order valence-electron chi connectivity index (χ4n) is 2.42. The van der Waals surface area contributed by atoms with Gasteiger partial charge in [0.05, 0.1) is 6.61 Å². The number of ether oxygens (including phenoxy) is 3. The normalized spacial score (nSPS) is 12.8. The molecular weight excluding hydrogens is 346 g/mol. The van der Waals surface area contributed by atoms with Crippen LogP contribution in [-0.4, -0.2) is 25.3 Å². The highest BCUT2D eigenvalue weighted by Crippen LogP contribution is 2.33. The molecule has 1 heterocycles. The number of benzene rings is 2. The topological polar surface area (TPSA) is 73.9 Å². The second-order valence-corrected chi connectivity index (χ2v) is 6.48. The van der Waals surface area contributed by atoms with Gasteiger partial charge in [0.25, 0.3) is 5.91 Å². The molecule has 1 aliphatic heterocycles. The molecule has 0 spiro atoms. The van der Waals surface area contributed by atoms with Gasteiger partial charge in [-0.25, -0.2) is 4.79 Å². The van der Waals surface area contributed by atoms with Gasteiger partial charge in [0.2, 0.25) is 6.79 Å². The number of amides is 1. The smallest absolute Gasteiger partial charge is 0.354 e. The number of carbonyl (C=O) groups excluding carboxylic acids is 2. The van der Waals surface area contributed by atoms with Gasteiger partial charge in [0, 0.05) is 5.56 Å². The van der Waals surface area contributed by atoms with Crippen LogP contribution in [0.4, 0.5) is 0 Å². The Morgan fingerprint density at radius 1 is 1.11 bits per heavy atom. The van der Waals surface area contributed by atoms with E-state index in [0.717, 1.165) is 0 Å². The Morgan fingerprint density at radius 2 is 1.85 bits per heavy atom. The molecule has 0 fully saturated rings. The van der Waals surface area contributed by atoms with E-state index in [2.05, 4.69) is 5.32 Å². The minimum atomic E-state index is -0.592. The van der Waals surface area contributed by atoms with E-state index in [0.29, 0.717) is 22.6 Å². The number of carbonyl (C=O) groups is 2. The summed E-state index contributed by atoms with van der Waals surface area (Å²) < 4.78 is 15.9. The summed E-state index contributed by atoms with van der Waals surface area (Å²) in [6.45, 7) is 4.31. The summed E-state index contributed by atoms with van der Waals surface area (Å²) >= 11 is 0. The molecule has 1 amide bonds. The van der Waals surface area contributed by atoms with Crippen LogP contribution in [0, 0.1) is 5.92 Å². The Morgan fingerprint density at radius 3 is 2.59 bits per heavy atom. The largest absolute Gasteiger partial charge is 0.461 e. The predicted molar refractivity (Wildman–Crippen MR) is 100 cm³/mol. The zero-order valence-electron chi connectivity index (χ0n) is 15.2. The molecule has 1 N–H and O–H groups in total. The van der Waals surface area contributed by atoms with Gasteiger partial charge in [-0.3, -0.25) is 4.79 Å². The lowest BCUT2D eigenvalue weighted by atomic mass is 10.1. The predicted octanol–water partition coefficient (Wildman–Crippen LogP) is 3.39. The lowest BCUT2D eigenvalue weighted by molar-refractivity contribution is -0.140. The Balaban J connectivity index is 1.84. The molecule has 3 rings (SSSR count). The summed E-state index contributed by atoms with van der Waals surface area (Å²) in [5.74, 6) is 0.442.